The van der Waals surface area contributed by atoms with Gasteiger partial charge >= 0.3 is 0 Å². The Bertz CT molecular complexity index is 567. The molecule has 0 aliphatic heterocycles. The number of nitrogens with zero attached hydrogens (tertiary/aromatic N) is 2. The number of rotatable bonds is 8. The monoisotopic (exact) mass is 333 g/mol. The Labute approximate surface area is 130 Å². The number of nitrogens with one attached hydrogen (secondary N) is 1. The van der Waals surface area contributed by atoms with Crippen LogP contribution in [0.15, 0.2) is 16.3 Å². The van der Waals surface area contributed by atoms with Gasteiger partial charge in [0.15, 0.2) is 0 Å². The maximum absolute atomic E-state index is 12.1. The van der Waals surface area contributed by atoms with Gasteiger partial charge in [-0.05, 0) is 33.2 Å². The zero-order valence-electron chi connectivity index (χ0n) is 12.9. The molecule has 1 aromatic rings. The average molecular weight is 333 g/mol. The van der Waals surface area contributed by atoms with Crippen LogP contribution in [0, 0.1) is 6.92 Å². The quantitative estimate of drug-likeness (QED) is 0.762. The van der Waals surface area contributed by atoms with Crippen LogP contribution in [0.5, 0.6) is 0 Å². The molecule has 0 unspecified atom stereocenters. The molecule has 0 aliphatic rings. The number of likely N-dealkylation sites (N-methyl/N-ethyl adjacent to an activating group) is 1. The Kier molecular flexibility index (Phi) is 6.79. The van der Waals surface area contributed by atoms with Crippen LogP contribution in [0.4, 0.5) is 0 Å². The fraction of sp³-hybridized carbons (Fsp3) is 0.615. The zero-order valence-corrected chi connectivity index (χ0v) is 14.6. The first-order chi connectivity index (χ1) is 9.72. The van der Waals surface area contributed by atoms with Gasteiger partial charge in [0.1, 0.15) is 4.21 Å². The van der Waals surface area contributed by atoms with Gasteiger partial charge in [-0.25, -0.2) is 13.1 Å². The number of sulfonamides is 1. The molecule has 1 aromatic heterocycles. The molecule has 8 heteroatoms. The van der Waals surface area contributed by atoms with Crippen LogP contribution >= 0.6 is 11.3 Å². The number of carbonyl (C=O) groups is 1. The summed E-state index contributed by atoms with van der Waals surface area (Å²) in [5, 5.41) is 0. The van der Waals surface area contributed by atoms with Crippen LogP contribution in [-0.4, -0.2) is 64.4 Å². The molecule has 0 saturated heterocycles. The van der Waals surface area contributed by atoms with E-state index in [-0.39, 0.29) is 12.5 Å². The molecule has 1 heterocycles. The highest BCUT2D eigenvalue weighted by Gasteiger charge is 2.16. The predicted molar refractivity (Wildman–Crippen MR) is 85.1 cm³/mol. The number of carbonyl (C=O) groups excluding carboxylic acids is 1. The third-order valence-corrected chi connectivity index (χ3v) is 5.87. The van der Waals surface area contributed by atoms with Gasteiger partial charge in [-0.2, -0.15) is 0 Å². The lowest BCUT2D eigenvalue weighted by Gasteiger charge is -2.23. The number of amides is 1. The maximum Gasteiger partial charge on any atom is 0.250 e. The molecule has 0 radical (unpaired) electrons. The Balaban J connectivity index is 2.51. The van der Waals surface area contributed by atoms with Gasteiger partial charge in [0.2, 0.25) is 15.9 Å². The Morgan fingerprint density at radius 2 is 1.90 bits per heavy atom. The van der Waals surface area contributed by atoms with Gasteiger partial charge in [0.05, 0.1) is 0 Å². The van der Waals surface area contributed by atoms with Crippen LogP contribution in [0.1, 0.15) is 11.8 Å². The highest BCUT2D eigenvalue weighted by Crippen LogP contribution is 2.19. The van der Waals surface area contributed by atoms with E-state index in [1.807, 2.05) is 25.9 Å². The molecule has 120 valence electrons. The van der Waals surface area contributed by atoms with Gasteiger partial charge in [0.25, 0.3) is 0 Å². The fourth-order valence-electron chi connectivity index (χ4n) is 1.69. The lowest BCUT2D eigenvalue weighted by molar-refractivity contribution is -0.128. The van der Waals surface area contributed by atoms with E-state index in [1.165, 1.54) is 18.3 Å². The van der Waals surface area contributed by atoms with E-state index in [1.54, 1.807) is 17.0 Å². The minimum atomic E-state index is -3.47. The number of hydrogen-bond acceptors (Lipinski definition) is 5. The van der Waals surface area contributed by atoms with Gasteiger partial charge < -0.3 is 9.80 Å². The summed E-state index contributed by atoms with van der Waals surface area (Å²) in [6, 6.07) is 3.37. The molecule has 0 aliphatic carbocycles. The van der Waals surface area contributed by atoms with Crippen molar-refractivity contribution in [2.45, 2.75) is 18.1 Å². The highest BCUT2D eigenvalue weighted by atomic mass is 32.2. The van der Waals surface area contributed by atoms with E-state index in [0.717, 1.165) is 11.4 Å². The summed E-state index contributed by atoms with van der Waals surface area (Å²) in [5.41, 5.74) is 0. The summed E-state index contributed by atoms with van der Waals surface area (Å²) in [4.78, 5) is 16.1. The molecule has 0 spiro atoms. The highest BCUT2D eigenvalue weighted by molar-refractivity contribution is 7.91. The van der Waals surface area contributed by atoms with Gasteiger partial charge in [-0.15, -0.1) is 11.3 Å². The van der Waals surface area contributed by atoms with Crippen molar-refractivity contribution in [3.8, 4) is 0 Å². The summed E-state index contributed by atoms with van der Waals surface area (Å²) < 4.78 is 26.9. The summed E-state index contributed by atoms with van der Waals surface area (Å²) in [5.74, 6) is -0.0528. The van der Waals surface area contributed by atoms with Crippen molar-refractivity contribution < 1.29 is 13.2 Å². The van der Waals surface area contributed by atoms with E-state index < -0.39 is 10.0 Å². The standard InChI is InChI=1S/C13H23N3O3S2/c1-11-5-6-13(20-11)21(18,19)14-7-8-16(12(2)17)10-9-15(3)4/h5-6,14H,7-10H2,1-4H3. The SMILES string of the molecule is CC(=O)N(CCNS(=O)(=O)c1ccc(C)s1)CCN(C)C. The van der Waals surface area contributed by atoms with E-state index in [4.69, 9.17) is 0 Å². The third kappa shape index (κ3) is 6.13. The molecule has 0 fully saturated rings. The predicted octanol–water partition coefficient (Wildman–Crippen LogP) is 0.745. The fourth-order valence-corrected chi connectivity index (χ4v) is 4.04. The number of hydrogen-bond donors (Lipinski definition) is 1. The van der Waals surface area contributed by atoms with Crippen LogP contribution in [0.25, 0.3) is 0 Å². The molecule has 1 rings (SSSR count). The zero-order chi connectivity index (χ0) is 16.0. The summed E-state index contributed by atoms with van der Waals surface area (Å²) in [6.07, 6.45) is 0. The summed E-state index contributed by atoms with van der Waals surface area (Å²) >= 11 is 1.24. The topological polar surface area (TPSA) is 69.7 Å². The van der Waals surface area contributed by atoms with E-state index >= 15 is 0 Å². The van der Waals surface area contributed by atoms with Crippen molar-refractivity contribution in [2.24, 2.45) is 0 Å². The normalized spacial score (nSPS) is 11.9. The van der Waals surface area contributed by atoms with Crippen LogP contribution in [0.3, 0.4) is 0 Å². The van der Waals surface area contributed by atoms with Crippen molar-refractivity contribution in [1.29, 1.82) is 0 Å². The lowest BCUT2D eigenvalue weighted by Crippen LogP contribution is -2.40. The molecule has 6 nitrogen and oxygen atoms in total. The van der Waals surface area contributed by atoms with Gasteiger partial charge in [-0.3, -0.25) is 4.79 Å². The van der Waals surface area contributed by atoms with E-state index in [2.05, 4.69) is 4.72 Å². The van der Waals surface area contributed by atoms with Crippen LogP contribution in [0.2, 0.25) is 0 Å². The molecule has 0 saturated carbocycles. The molecule has 21 heavy (non-hydrogen) atoms. The summed E-state index contributed by atoms with van der Waals surface area (Å²) in [6.45, 7) is 5.27. The summed E-state index contributed by atoms with van der Waals surface area (Å²) in [7, 11) is 0.389. The molecular weight excluding hydrogens is 310 g/mol. The average Bonchev–Trinajstić information content (AvgIpc) is 2.80. The van der Waals surface area contributed by atoms with E-state index in [0.29, 0.717) is 17.3 Å². The first-order valence-corrected chi connectivity index (χ1v) is 8.98. The number of aryl methyl sites for hydroxylation is 1. The first kappa shape index (κ1) is 18.1. The molecule has 1 N–H and O–H groups in total. The number of thiophene rings is 1. The van der Waals surface area contributed by atoms with E-state index in [9.17, 15) is 13.2 Å². The van der Waals surface area contributed by atoms with Crippen molar-refractivity contribution in [3.63, 3.8) is 0 Å². The lowest BCUT2D eigenvalue weighted by atomic mass is 10.4. The van der Waals surface area contributed by atoms with Crippen molar-refractivity contribution in [3.05, 3.63) is 17.0 Å². The second kappa shape index (κ2) is 7.88. The Morgan fingerprint density at radius 1 is 1.24 bits per heavy atom. The Hall–Kier alpha value is -0.960. The first-order valence-electron chi connectivity index (χ1n) is 6.68. The van der Waals surface area contributed by atoms with Crippen molar-refractivity contribution in [1.82, 2.24) is 14.5 Å². The minimum Gasteiger partial charge on any atom is -0.340 e. The smallest absolute Gasteiger partial charge is 0.250 e. The third-order valence-electron chi connectivity index (χ3n) is 2.92. The van der Waals surface area contributed by atoms with Gasteiger partial charge in [-0.1, -0.05) is 0 Å². The minimum absolute atomic E-state index is 0.0528. The van der Waals surface area contributed by atoms with Crippen molar-refractivity contribution in [2.75, 3.05) is 40.3 Å². The second-order valence-electron chi connectivity index (χ2n) is 5.07. The molecular formula is C13H23N3O3S2. The largest absolute Gasteiger partial charge is 0.340 e. The van der Waals surface area contributed by atoms with Crippen LogP contribution < -0.4 is 4.72 Å². The Morgan fingerprint density at radius 3 is 2.38 bits per heavy atom. The van der Waals surface area contributed by atoms with Crippen LogP contribution in [-0.2, 0) is 14.8 Å². The second-order valence-corrected chi connectivity index (χ2v) is 8.35. The molecule has 0 aromatic carbocycles. The maximum atomic E-state index is 12.1. The van der Waals surface area contributed by atoms with Gasteiger partial charge in [0, 0.05) is 38.0 Å². The van der Waals surface area contributed by atoms with Crippen molar-refractivity contribution >= 4 is 27.3 Å². The molecule has 0 bridgehead atoms. The molecule has 1 amide bonds. The molecule has 0 atom stereocenters.